The van der Waals surface area contributed by atoms with E-state index in [0.717, 1.165) is 0 Å². The van der Waals surface area contributed by atoms with E-state index in [9.17, 15) is 10.1 Å². The van der Waals surface area contributed by atoms with Crippen molar-refractivity contribution in [2.75, 3.05) is 0 Å². The lowest BCUT2D eigenvalue weighted by Crippen LogP contribution is -1.94. The number of nitriles is 1. The van der Waals surface area contributed by atoms with Crippen LogP contribution in [-0.2, 0) is 0 Å². The van der Waals surface area contributed by atoms with Crippen molar-refractivity contribution in [3.8, 4) is 6.07 Å². The van der Waals surface area contributed by atoms with Gasteiger partial charge >= 0.3 is 5.82 Å². The number of aromatic nitrogens is 1. The average Bonchev–Trinajstić information content (AvgIpc) is 2.04. The van der Waals surface area contributed by atoms with Crippen LogP contribution in [0.4, 0.5) is 5.82 Å². The number of nitro groups is 1. The maximum absolute atomic E-state index is 10.2. The fourth-order valence-electron chi connectivity index (χ4n) is 0.630. The largest absolute Gasteiger partial charge is 0.381 e. The highest BCUT2D eigenvalue weighted by atomic mass is 16.6. The second-order valence-corrected chi connectivity index (χ2v) is 1.74. The van der Waals surface area contributed by atoms with Gasteiger partial charge < -0.3 is 10.1 Å². The highest BCUT2D eigenvalue weighted by molar-refractivity contribution is 5.41. The second kappa shape index (κ2) is 2.75. The monoisotopic (exact) mass is 149 g/mol. The minimum Gasteiger partial charge on any atom is -0.358 e. The minimum atomic E-state index is -0.682. The van der Waals surface area contributed by atoms with E-state index in [-0.39, 0.29) is 5.56 Å². The summed E-state index contributed by atoms with van der Waals surface area (Å²) < 4.78 is 0. The van der Waals surface area contributed by atoms with Gasteiger partial charge in [0.05, 0.1) is 0 Å². The molecule has 0 radical (unpaired) electrons. The Morgan fingerprint density at radius 3 is 2.91 bits per heavy atom. The van der Waals surface area contributed by atoms with Gasteiger partial charge in [-0.1, -0.05) is 0 Å². The SMILES string of the molecule is N#Cc1cccnc1[N+](=O)[O-]. The third kappa shape index (κ3) is 1.30. The van der Waals surface area contributed by atoms with E-state index in [2.05, 4.69) is 4.98 Å². The van der Waals surface area contributed by atoms with Gasteiger partial charge in [-0.2, -0.15) is 5.26 Å². The van der Waals surface area contributed by atoms with Crippen LogP contribution in [-0.4, -0.2) is 9.91 Å². The van der Waals surface area contributed by atoms with E-state index in [4.69, 9.17) is 5.26 Å². The summed E-state index contributed by atoms with van der Waals surface area (Å²) in [7, 11) is 0. The predicted octanol–water partition coefficient (Wildman–Crippen LogP) is 0.861. The minimum absolute atomic E-state index is 0.0162. The quantitative estimate of drug-likeness (QED) is 0.438. The fraction of sp³-hybridized carbons (Fsp3) is 0. The van der Waals surface area contributed by atoms with E-state index in [1.807, 2.05) is 0 Å². The molecule has 0 aliphatic heterocycles. The van der Waals surface area contributed by atoms with Crippen LogP contribution in [0, 0.1) is 21.4 Å². The Morgan fingerprint density at radius 2 is 2.45 bits per heavy atom. The van der Waals surface area contributed by atoms with E-state index < -0.39 is 10.7 Å². The lowest BCUT2D eigenvalue weighted by molar-refractivity contribution is -0.389. The summed E-state index contributed by atoms with van der Waals surface area (Å²) in [6.07, 6.45) is 1.28. The average molecular weight is 149 g/mol. The van der Waals surface area contributed by atoms with Gasteiger partial charge in [0.1, 0.15) is 17.8 Å². The molecule has 0 aliphatic carbocycles. The first-order chi connectivity index (χ1) is 5.25. The Labute approximate surface area is 62.1 Å². The Balaban J connectivity index is 3.26. The number of nitrogens with zero attached hydrogens (tertiary/aromatic N) is 3. The van der Waals surface area contributed by atoms with Gasteiger partial charge in [0.2, 0.25) is 0 Å². The summed E-state index contributed by atoms with van der Waals surface area (Å²) in [4.78, 5) is 12.9. The van der Waals surface area contributed by atoms with Gasteiger partial charge in [-0.05, 0) is 22.0 Å². The maximum atomic E-state index is 10.2. The molecule has 1 aromatic rings. The lowest BCUT2D eigenvalue weighted by Gasteiger charge is -1.90. The number of hydrogen-bond donors (Lipinski definition) is 0. The Hall–Kier alpha value is -1.96. The van der Waals surface area contributed by atoms with Crippen LogP contribution >= 0.6 is 0 Å². The molecule has 0 N–H and O–H groups in total. The summed E-state index contributed by atoms with van der Waals surface area (Å²) in [5.74, 6) is -0.394. The molecule has 5 nitrogen and oxygen atoms in total. The summed E-state index contributed by atoms with van der Waals surface area (Å²) in [6.45, 7) is 0. The van der Waals surface area contributed by atoms with Crippen LogP contribution in [0.25, 0.3) is 0 Å². The standard InChI is InChI=1S/C6H3N3O2/c7-4-5-2-1-3-8-6(5)9(10)11/h1-3H. The van der Waals surface area contributed by atoms with Crippen molar-refractivity contribution < 1.29 is 4.92 Å². The molecule has 0 aromatic carbocycles. The summed E-state index contributed by atoms with van der Waals surface area (Å²) in [5, 5.41) is 18.5. The Bertz CT molecular complexity index is 329. The predicted molar refractivity (Wildman–Crippen MR) is 35.6 cm³/mol. The zero-order valence-electron chi connectivity index (χ0n) is 5.39. The fourth-order valence-corrected chi connectivity index (χ4v) is 0.630. The molecule has 0 unspecified atom stereocenters. The van der Waals surface area contributed by atoms with Crippen LogP contribution in [0.5, 0.6) is 0 Å². The molecular formula is C6H3N3O2. The number of rotatable bonds is 1. The zero-order chi connectivity index (χ0) is 8.27. The van der Waals surface area contributed by atoms with Crippen molar-refractivity contribution in [2.45, 2.75) is 0 Å². The Kier molecular flexibility index (Phi) is 1.79. The van der Waals surface area contributed by atoms with Crippen molar-refractivity contribution in [2.24, 2.45) is 0 Å². The summed E-state index contributed by atoms with van der Waals surface area (Å²) in [6, 6.07) is 4.50. The lowest BCUT2D eigenvalue weighted by atomic mass is 10.3. The highest BCUT2D eigenvalue weighted by Crippen LogP contribution is 2.11. The first-order valence-corrected chi connectivity index (χ1v) is 2.75. The van der Waals surface area contributed by atoms with E-state index >= 15 is 0 Å². The van der Waals surface area contributed by atoms with Gasteiger partial charge in [0.25, 0.3) is 0 Å². The highest BCUT2D eigenvalue weighted by Gasteiger charge is 2.12. The van der Waals surface area contributed by atoms with Crippen molar-refractivity contribution in [1.82, 2.24) is 4.98 Å². The molecule has 0 saturated carbocycles. The van der Waals surface area contributed by atoms with Gasteiger partial charge in [0, 0.05) is 0 Å². The second-order valence-electron chi connectivity index (χ2n) is 1.74. The molecule has 0 spiro atoms. The Morgan fingerprint density at radius 1 is 1.73 bits per heavy atom. The van der Waals surface area contributed by atoms with Crippen LogP contribution in [0.15, 0.2) is 18.3 Å². The molecule has 1 heterocycles. The summed E-state index contributed by atoms with van der Waals surface area (Å²) >= 11 is 0. The first-order valence-electron chi connectivity index (χ1n) is 2.75. The molecule has 0 bridgehead atoms. The van der Waals surface area contributed by atoms with Gasteiger partial charge in [-0.3, -0.25) is 0 Å². The van der Waals surface area contributed by atoms with Crippen molar-refractivity contribution in [3.05, 3.63) is 34.0 Å². The molecule has 0 aliphatic rings. The van der Waals surface area contributed by atoms with E-state index in [1.165, 1.54) is 18.3 Å². The van der Waals surface area contributed by atoms with Crippen molar-refractivity contribution in [1.29, 1.82) is 5.26 Å². The molecule has 0 atom stereocenters. The van der Waals surface area contributed by atoms with Crippen LogP contribution in [0.3, 0.4) is 0 Å². The smallest absolute Gasteiger partial charge is 0.358 e. The van der Waals surface area contributed by atoms with Crippen LogP contribution < -0.4 is 0 Å². The third-order valence-corrected chi connectivity index (χ3v) is 1.08. The van der Waals surface area contributed by atoms with Crippen molar-refractivity contribution >= 4 is 5.82 Å². The number of hydrogen-bond acceptors (Lipinski definition) is 4. The molecule has 1 aromatic heterocycles. The normalized spacial score (nSPS) is 8.64. The first kappa shape index (κ1) is 7.15. The van der Waals surface area contributed by atoms with Crippen molar-refractivity contribution in [3.63, 3.8) is 0 Å². The third-order valence-electron chi connectivity index (χ3n) is 1.08. The van der Waals surface area contributed by atoms with Crippen LogP contribution in [0.2, 0.25) is 0 Å². The molecular weight excluding hydrogens is 146 g/mol. The van der Waals surface area contributed by atoms with Crippen LogP contribution in [0.1, 0.15) is 5.56 Å². The maximum Gasteiger partial charge on any atom is 0.381 e. The molecule has 0 amide bonds. The molecule has 0 saturated heterocycles. The molecule has 0 fully saturated rings. The van der Waals surface area contributed by atoms with Gasteiger partial charge in [0.15, 0.2) is 0 Å². The van der Waals surface area contributed by atoms with E-state index in [0.29, 0.717) is 0 Å². The number of pyridine rings is 1. The molecule has 54 valence electrons. The topological polar surface area (TPSA) is 79.8 Å². The summed E-state index contributed by atoms with van der Waals surface area (Å²) in [5.41, 5.74) is -0.0162. The van der Waals surface area contributed by atoms with E-state index in [1.54, 1.807) is 6.07 Å². The molecule has 11 heavy (non-hydrogen) atoms. The molecule has 1 rings (SSSR count). The zero-order valence-corrected chi connectivity index (χ0v) is 5.39. The van der Waals surface area contributed by atoms with Gasteiger partial charge in [-0.25, -0.2) is 0 Å². The molecule has 5 heteroatoms. The van der Waals surface area contributed by atoms with Gasteiger partial charge in [-0.15, -0.1) is 0 Å².